The quantitative estimate of drug-likeness (QED) is 0.770. The average molecular weight is 400 g/mol. The maximum Gasteiger partial charge on any atom is 0.237 e. The Labute approximate surface area is 173 Å². The van der Waals surface area contributed by atoms with Crippen molar-refractivity contribution in [2.75, 3.05) is 33.3 Å². The minimum atomic E-state index is -0.370. The van der Waals surface area contributed by atoms with Gasteiger partial charge in [0.2, 0.25) is 11.8 Å². The molecule has 4 rings (SSSR count). The van der Waals surface area contributed by atoms with Gasteiger partial charge in [0.15, 0.2) is 0 Å². The zero-order chi connectivity index (χ0) is 20.3. The van der Waals surface area contributed by atoms with Crippen molar-refractivity contribution in [2.45, 2.75) is 56.4 Å². The first kappa shape index (κ1) is 20.2. The Bertz CT molecular complexity index is 723. The van der Waals surface area contributed by atoms with Crippen LogP contribution >= 0.6 is 0 Å². The van der Waals surface area contributed by atoms with E-state index >= 15 is 0 Å². The van der Waals surface area contributed by atoms with Crippen LogP contribution in [0.15, 0.2) is 24.3 Å². The molecule has 6 nitrogen and oxygen atoms in total. The Hall–Kier alpha value is -2.08. The molecule has 2 heterocycles. The molecule has 2 unspecified atom stereocenters. The van der Waals surface area contributed by atoms with E-state index in [4.69, 9.17) is 4.74 Å². The van der Waals surface area contributed by atoms with E-state index < -0.39 is 0 Å². The van der Waals surface area contributed by atoms with E-state index in [2.05, 4.69) is 15.5 Å². The van der Waals surface area contributed by atoms with Gasteiger partial charge in [-0.15, -0.1) is 0 Å². The number of carbonyl (C=O) groups is 2. The van der Waals surface area contributed by atoms with Gasteiger partial charge in [0.05, 0.1) is 18.6 Å². The van der Waals surface area contributed by atoms with Gasteiger partial charge in [0.25, 0.3) is 0 Å². The van der Waals surface area contributed by atoms with Crippen molar-refractivity contribution in [3.05, 3.63) is 29.8 Å². The Kier molecular flexibility index (Phi) is 6.09. The second-order valence-corrected chi connectivity index (χ2v) is 8.82. The number of benzene rings is 1. The first-order valence-electron chi connectivity index (χ1n) is 11.1. The number of carbonyl (C=O) groups excluding carboxylic acids is 2. The summed E-state index contributed by atoms with van der Waals surface area (Å²) in [7, 11) is 1.66. The molecule has 2 amide bonds. The normalized spacial score (nSPS) is 25.9. The third-order valence-electron chi connectivity index (χ3n) is 7.01. The van der Waals surface area contributed by atoms with Crippen LogP contribution in [0.4, 0.5) is 0 Å². The van der Waals surface area contributed by atoms with Crippen LogP contribution in [-0.2, 0) is 15.0 Å². The highest BCUT2D eigenvalue weighted by molar-refractivity contribution is 5.89. The molecule has 1 aromatic carbocycles. The molecule has 3 fully saturated rings. The van der Waals surface area contributed by atoms with Gasteiger partial charge in [-0.2, -0.15) is 0 Å². The molecular weight excluding hydrogens is 366 g/mol. The number of methoxy groups -OCH3 is 1. The van der Waals surface area contributed by atoms with Crippen LogP contribution < -0.4 is 15.4 Å². The van der Waals surface area contributed by atoms with Gasteiger partial charge < -0.3 is 20.3 Å². The van der Waals surface area contributed by atoms with E-state index in [1.165, 1.54) is 0 Å². The van der Waals surface area contributed by atoms with Crippen LogP contribution in [0, 0.1) is 5.92 Å². The fraction of sp³-hybridized carbons (Fsp3) is 0.652. The molecule has 2 saturated heterocycles. The number of likely N-dealkylation sites (tertiary alicyclic amines) is 1. The molecule has 0 aromatic heterocycles. The highest BCUT2D eigenvalue weighted by Crippen LogP contribution is 2.46. The SMILES string of the molecule is COc1ccc(C2(C(=O)N3CCCC(CNC(=O)C4CCCN4)C3)CCC2)cc1. The molecule has 1 aliphatic carbocycles. The summed E-state index contributed by atoms with van der Waals surface area (Å²) in [5.74, 6) is 1.54. The molecule has 2 atom stereocenters. The van der Waals surface area contributed by atoms with E-state index in [0.29, 0.717) is 12.5 Å². The van der Waals surface area contributed by atoms with Crippen molar-refractivity contribution in [3.63, 3.8) is 0 Å². The first-order chi connectivity index (χ1) is 14.1. The molecule has 1 aromatic rings. The highest BCUT2D eigenvalue weighted by Gasteiger charge is 2.48. The van der Waals surface area contributed by atoms with Crippen molar-refractivity contribution in [1.29, 1.82) is 0 Å². The van der Waals surface area contributed by atoms with Crippen LogP contribution in [-0.4, -0.2) is 56.0 Å². The van der Waals surface area contributed by atoms with Gasteiger partial charge in [-0.1, -0.05) is 18.6 Å². The molecule has 3 aliphatic rings. The van der Waals surface area contributed by atoms with Crippen LogP contribution in [0.25, 0.3) is 0 Å². The van der Waals surface area contributed by atoms with E-state index in [1.54, 1.807) is 7.11 Å². The van der Waals surface area contributed by atoms with Gasteiger partial charge in [-0.3, -0.25) is 9.59 Å². The van der Waals surface area contributed by atoms with Crippen molar-refractivity contribution in [3.8, 4) is 5.75 Å². The van der Waals surface area contributed by atoms with E-state index in [1.807, 2.05) is 24.3 Å². The summed E-state index contributed by atoms with van der Waals surface area (Å²) in [6.45, 7) is 3.16. The largest absolute Gasteiger partial charge is 0.497 e. The number of nitrogens with one attached hydrogen (secondary N) is 2. The number of hydrogen-bond acceptors (Lipinski definition) is 4. The van der Waals surface area contributed by atoms with Gasteiger partial charge in [-0.05, 0) is 68.7 Å². The zero-order valence-corrected chi connectivity index (χ0v) is 17.4. The molecule has 2 N–H and O–H groups in total. The lowest BCUT2D eigenvalue weighted by molar-refractivity contribution is -0.142. The van der Waals surface area contributed by atoms with Gasteiger partial charge >= 0.3 is 0 Å². The van der Waals surface area contributed by atoms with Gasteiger partial charge in [0.1, 0.15) is 5.75 Å². The fourth-order valence-corrected chi connectivity index (χ4v) is 5.06. The lowest BCUT2D eigenvalue weighted by atomic mass is 9.63. The van der Waals surface area contributed by atoms with Crippen LogP contribution in [0.1, 0.15) is 50.5 Å². The fourth-order valence-electron chi connectivity index (χ4n) is 5.06. The lowest BCUT2D eigenvalue weighted by Crippen LogP contribution is -2.54. The predicted octanol–water partition coefficient (Wildman–Crippen LogP) is 2.22. The van der Waals surface area contributed by atoms with Crippen LogP contribution in [0.3, 0.4) is 0 Å². The maximum absolute atomic E-state index is 13.5. The molecule has 0 bridgehead atoms. The van der Waals surface area contributed by atoms with Crippen molar-refractivity contribution in [1.82, 2.24) is 15.5 Å². The average Bonchev–Trinajstić information content (AvgIpc) is 3.27. The summed E-state index contributed by atoms with van der Waals surface area (Å²) in [6, 6.07) is 7.96. The smallest absolute Gasteiger partial charge is 0.237 e. The number of rotatable bonds is 6. The summed E-state index contributed by atoms with van der Waals surface area (Å²) < 4.78 is 5.27. The monoisotopic (exact) mass is 399 g/mol. The topological polar surface area (TPSA) is 70.7 Å². The second-order valence-electron chi connectivity index (χ2n) is 8.82. The summed E-state index contributed by atoms with van der Waals surface area (Å²) in [5, 5.41) is 6.36. The van der Waals surface area contributed by atoms with Crippen LogP contribution in [0.2, 0.25) is 0 Å². The minimum Gasteiger partial charge on any atom is -0.497 e. The number of ether oxygens (including phenoxy) is 1. The molecule has 1 saturated carbocycles. The first-order valence-corrected chi connectivity index (χ1v) is 11.1. The zero-order valence-electron chi connectivity index (χ0n) is 17.4. The Balaban J connectivity index is 1.37. The summed E-state index contributed by atoms with van der Waals surface area (Å²) in [5.41, 5.74) is 0.739. The molecule has 6 heteroatoms. The number of amides is 2. The van der Waals surface area contributed by atoms with Gasteiger partial charge in [0, 0.05) is 19.6 Å². The Morgan fingerprint density at radius 2 is 1.97 bits per heavy atom. The summed E-state index contributed by atoms with van der Waals surface area (Å²) in [6.07, 6.45) is 7.00. The maximum atomic E-state index is 13.5. The number of hydrogen-bond donors (Lipinski definition) is 2. The predicted molar refractivity (Wildman–Crippen MR) is 112 cm³/mol. The molecule has 29 heavy (non-hydrogen) atoms. The highest BCUT2D eigenvalue weighted by atomic mass is 16.5. The summed E-state index contributed by atoms with van der Waals surface area (Å²) in [4.78, 5) is 27.9. The molecule has 158 valence electrons. The van der Waals surface area contributed by atoms with E-state index in [-0.39, 0.29) is 23.3 Å². The second kappa shape index (κ2) is 8.74. The van der Waals surface area contributed by atoms with Crippen molar-refractivity contribution in [2.24, 2.45) is 5.92 Å². The Morgan fingerprint density at radius 1 is 1.17 bits per heavy atom. The molecule has 0 radical (unpaired) electrons. The van der Waals surface area contributed by atoms with Crippen molar-refractivity contribution >= 4 is 11.8 Å². The summed E-state index contributed by atoms with van der Waals surface area (Å²) >= 11 is 0. The molecule has 0 spiro atoms. The number of nitrogens with zero attached hydrogens (tertiary/aromatic N) is 1. The standard InChI is InChI=1S/C23H33N3O3/c1-29-19-9-7-18(8-10-19)23(11-4-12-23)22(28)26-14-3-5-17(16-26)15-25-21(27)20-6-2-13-24-20/h7-10,17,20,24H,2-6,11-16H2,1H3,(H,25,27). The molecule has 2 aliphatic heterocycles. The molecular formula is C23H33N3O3. The van der Waals surface area contributed by atoms with E-state index in [9.17, 15) is 9.59 Å². The third-order valence-corrected chi connectivity index (χ3v) is 7.01. The Morgan fingerprint density at radius 3 is 2.59 bits per heavy atom. The van der Waals surface area contributed by atoms with Crippen LogP contribution in [0.5, 0.6) is 5.75 Å². The van der Waals surface area contributed by atoms with Gasteiger partial charge in [-0.25, -0.2) is 0 Å². The minimum absolute atomic E-state index is 0.0374. The van der Waals surface area contributed by atoms with Crippen molar-refractivity contribution < 1.29 is 14.3 Å². The van der Waals surface area contributed by atoms with E-state index in [0.717, 1.165) is 75.9 Å². The third kappa shape index (κ3) is 4.13. The number of piperidine rings is 1. The lowest BCUT2D eigenvalue weighted by Gasteiger charge is -2.46.